The molecule has 6 rings (SSSR count). The fourth-order valence-corrected chi connectivity index (χ4v) is 4.87. The van der Waals surface area contributed by atoms with Gasteiger partial charge < -0.3 is 14.7 Å². The monoisotopic (exact) mass is 518 g/mol. The van der Waals surface area contributed by atoms with Crippen LogP contribution in [0.25, 0.3) is 22.0 Å². The fourth-order valence-electron chi connectivity index (χ4n) is 4.71. The van der Waals surface area contributed by atoms with E-state index in [-0.39, 0.29) is 5.02 Å². The number of carbonyl (C=O) groups excluding carboxylic acids is 1. The number of rotatable bonds is 4. The Hall–Kier alpha value is -3.46. The third kappa shape index (κ3) is 5.18. The number of anilines is 2. The summed E-state index contributed by atoms with van der Waals surface area (Å²) < 4.78 is 13.9. The van der Waals surface area contributed by atoms with Crippen LogP contribution >= 0.6 is 11.6 Å². The number of pyridine rings is 1. The van der Waals surface area contributed by atoms with Crippen molar-refractivity contribution in [2.75, 3.05) is 45.7 Å². The molecular formula is C28H28ClFN6O. The molecule has 2 aromatic heterocycles. The average molecular weight is 519 g/mol. The highest BCUT2D eigenvalue weighted by atomic mass is 35.5. The van der Waals surface area contributed by atoms with Crippen LogP contribution in [-0.2, 0) is 6.42 Å². The van der Waals surface area contributed by atoms with E-state index in [1.54, 1.807) is 18.3 Å². The molecular weight excluding hydrogens is 491 g/mol. The van der Waals surface area contributed by atoms with Crippen molar-refractivity contribution in [2.45, 2.75) is 12.5 Å². The van der Waals surface area contributed by atoms with Crippen molar-refractivity contribution in [1.82, 2.24) is 24.8 Å². The van der Waals surface area contributed by atoms with Gasteiger partial charge >= 0.3 is 0 Å². The zero-order valence-electron chi connectivity index (χ0n) is 21.0. The average Bonchev–Trinajstić information content (AvgIpc) is 3.28. The first-order valence-electron chi connectivity index (χ1n) is 12.1. The molecule has 2 aromatic carbocycles. The first-order chi connectivity index (χ1) is 17.8. The van der Waals surface area contributed by atoms with Crippen LogP contribution in [0.1, 0.15) is 15.9 Å². The molecule has 0 N–H and O–H groups in total. The number of aromatic nitrogens is 3. The lowest BCUT2D eigenvalue weighted by molar-refractivity contribution is 0.0878. The summed E-state index contributed by atoms with van der Waals surface area (Å²) in [5.41, 5.74) is 4.79. The molecule has 1 fully saturated rings. The van der Waals surface area contributed by atoms with Crippen molar-refractivity contribution >= 4 is 40.3 Å². The molecule has 2 aliphatic heterocycles. The van der Waals surface area contributed by atoms with Gasteiger partial charge in [0.25, 0.3) is 0 Å². The Kier molecular flexibility index (Phi) is 7.15. The third-order valence-corrected chi connectivity index (χ3v) is 7.18. The minimum Gasteiger partial charge on any atom is -0.325 e. The van der Waals surface area contributed by atoms with E-state index in [1.165, 1.54) is 31.7 Å². The van der Waals surface area contributed by atoms with E-state index in [0.717, 1.165) is 51.4 Å². The summed E-state index contributed by atoms with van der Waals surface area (Å²) in [5.74, 6) is 0.322. The van der Waals surface area contributed by atoms with E-state index >= 15 is 0 Å². The number of likely N-dealkylation sites (tertiary alicyclic amines) is 1. The van der Waals surface area contributed by atoms with Crippen LogP contribution in [0.5, 0.6) is 0 Å². The number of fused-ring (bicyclic) bond motifs is 2. The van der Waals surface area contributed by atoms with Crippen LogP contribution in [-0.4, -0.2) is 77.9 Å². The van der Waals surface area contributed by atoms with Crippen LogP contribution in [0.3, 0.4) is 0 Å². The van der Waals surface area contributed by atoms with Gasteiger partial charge in [0, 0.05) is 60.3 Å². The second kappa shape index (κ2) is 10.5. The first kappa shape index (κ1) is 25.2. The zero-order valence-corrected chi connectivity index (χ0v) is 21.8. The number of likely N-dealkylation sites (N-methyl/N-ethyl adjacent to an activating group) is 2. The van der Waals surface area contributed by atoms with Gasteiger partial charge in [-0.25, -0.2) is 14.4 Å². The summed E-state index contributed by atoms with van der Waals surface area (Å²) in [7, 11) is 6.43. The molecule has 0 radical (unpaired) electrons. The normalized spacial score (nSPS) is 15.4. The highest BCUT2D eigenvalue weighted by molar-refractivity contribution is 6.31. The standard InChI is InChI=1S/C22H14ClFN4O.C6H14N2/c23-18-8-21-15(7-19(18)24)3-4-28(21)22-17-6-14(1-2-20(17)26-12-27-22)16-5-13(11-29)9-25-10-16;1-7(2)6-4-8(3)5-6/h1-2,5-12H,3-4H2;6H,4-5H2,1-3H3. The van der Waals surface area contributed by atoms with E-state index in [0.29, 0.717) is 18.5 Å². The zero-order chi connectivity index (χ0) is 26.1. The van der Waals surface area contributed by atoms with Crippen LogP contribution in [0.15, 0.2) is 55.1 Å². The Morgan fingerprint density at radius 3 is 2.59 bits per heavy atom. The molecule has 2 aliphatic rings. The Morgan fingerprint density at radius 1 is 1.08 bits per heavy atom. The molecule has 4 heterocycles. The minimum atomic E-state index is -0.412. The number of hydrogen-bond donors (Lipinski definition) is 0. The van der Waals surface area contributed by atoms with Gasteiger partial charge in [-0.3, -0.25) is 9.78 Å². The fraction of sp³-hybridized carbons (Fsp3) is 0.286. The van der Waals surface area contributed by atoms with Crippen LogP contribution < -0.4 is 4.90 Å². The molecule has 0 spiro atoms. The van der Waals surface area contributed by atoms with E-state index in [9.17, 15) is 9.18 Å². The predicted molar refractivity (Wildman–Crippen MR) is 145 cm³/mol. The second-order valence-corrected chi connectivity index (χ2v) is 10.1. The van der Waals surface area contributed by atoms with Crippen molar-refractivity contribution in [1.29, 1.82) is 0 Å². The topological polar surface area (TPSA) is 65.5 Å². The van der Waals surface area contributed by atoms with Gasteiger partial charge in [-0.15, -0.1) is 0 Å². The molecule has 4 aromatic rings. The molecule has 0 unspecified atom stereocenters. The summed E-state index contributed by atoms with van der Waals surface area (Å²) in [6.07, 6.45) is 6.24. The van der Waals surface area contributed by atoms with Crippen molar-refractivity contribution in [2.24, 2.45) is 0 Å². The van der Waals surface area contributed by atoms with E-state index < -0.39 is 5.82 Å². The van der Waals surface area contributed by atoms with E-state index in [1.807, 2.05) is 23.1 Å². The summed E-state index contributed by atoms with van der Waals surface area (Å²) in [4.78, 5) is 30.8. The number of benzene rings is 2. The highest BCUT2D eigenvalue weighted by Crippen LogP contribution is 2.39. The Balaban J connectivity index is 0.000000301. The molecule has 0 saturated carbocycles. The maximum atomic E-state index is 13.9. The Labute approximate surface area is 220 Å². The molecule has 37 heavy (non-hydrogen) atoms. The predicted octanol–water partition coefficient (Wildman–Crippen LogP) is 4.85. The van der Waals surface area contributed by atoms with Crippen molar-refractivity contribution < 1.29 is 9.18 Å². The highest BCUT2D eigenvalue weighted by Gasteiger charge is 2.25. The number of aldehydes is 1. The molecule has 0 aliphatic carbocycles. The number of hydrogen-bond acceptors (Lipinski definition) is 7. The Morgan fingerprint density at radius 2 is 1.89 bits per heavy atom. The third-order valence-electron chi connectivity index (χ3n) is 6.89. The van der Waals surface area contributed by atoms with Gasteiger partial charge in [-0.2, -0.15) is 0 Å². The van der Waals surface area contributed by atoms with Gasteiger partial charge in [-0.05, 0) is 69.0 Å². The molecule has 0 amide bonds. The van der Waals surface area contributed by atoms with Gasteiger partial charge in [-0.1, -0.05) is 17.7 Å². The summed E-state index contributed by atoms with van der Waals surface area (Å²) in [6, 6.07) is 11.6. The second-order valence-electron chi connectivity index (χ2n) is 9.69. The summed E-state index contributed by atoms with van der Waals surface area (Å²) in [6.45, 7) is 3.16. The van der Waals surface area contributed by atoms with Gasteiger partial charge in [0.05, 0.1) is 10.5 Å². The lowest BCUT2D eigenvalue weighted by atomic mass is 10.0. The van der Waals surface area contributed by atoms with E-state index in [4.69, 9.17) is 11.6 Å². The lowest BCUT2D eigenvalue weighted by Gasteiger charge is -2.40. The molecule has 7 nitrogen and oxygen atoms in total. The van der Waals surface area contributed by atoms with Gasteiger partial charge in [0.15, 0.2) is 6.29 Å². The van der Waals surface area contributed by atoms with Crippen molar-refractivity contribution in [3.8, 4) is 11.1 Å². The van der Waals surface area contributed by atoms with Crippen molar-refractivity contribution in [3.63, 3.8) is 0 Å². The lowest BCUT2D eigenvalue weighted by Crippen LogP contribution is -2.55. The Bertz CT molecular complexity index is 1460. The van der Waals surface area contributed by atoms with Crippen LogP contribution in [0.2, 0.25) is 5.02 Å². The van der Waals surface area contributed by atoms with Gasteiger partial charge in [0.2, 0.25) is 0 Å². The maximum Gasteiger partial charge on any atom is 0.151 e. The first-order valence-corrected chi connectivity index (χ1v) is 12.5. The van der Waals surface area contributed by atoms with Crippen molar-refractivity contribution in [3.05, 3.63) is 77.1 Å². The van der Waals surface area contributed by atoms with Crippen LogP contribution in [0, 0.1) is 5.82 Å². The van der Waals surface area contributed by atoms with Gasteiger partial charge in [0.1, 0.15) is 18.0 Å². The largest absolute Gasteiger partial charge is 0.325 e. The minimum absolute atomic E-state index is 0.0893. The summed E-state index contributed by atoms with van der Waals surface area (Å²) in [5, 5.41) is 0.946. The molecule has 190 valence electrons. The number of nitrogens with zero attached hydrogens (tertiary/aromatic N) is 6. The SMILES string of the molecule is CN1CC(N(C)C)C1.O=Cc1cncc(-c2ccc3ncnc(N4CCc5cc(F)c(Cl)cc54)c3c2)c1. The molecule has 0 bridgehead atoms. The molecule has 9 heteroatoms. The van der Waals surface area contributed by atoms with Crippen LogP contribution in [0.4, 0.5) is 15.9 Å². The molecule has 1 saturated heterocycles. The number of halogens is 2. The number of carbonyl (C=O) groups is 1. The quantitative estimate of drug-likeness (QED) is 0.358. The van der Waals surface area contributed by atoms with E-state index in [2.05, 4.69) is 45.9 Å². The molecule has 0 atom stereocenters. The summed E-state index contributed by atoms with van der Waals surface area (Å²) >= 11 is 6.03. The maximum absolute atomic E-state index is 13.9. The smallest absolute Gasteiger partial charge is 0.151 e.